The zero-order valence-corrected chi connectivity index (χ0v) is 17.9. The molecule has 0 fully saturated rings. The van der Waals surface area contributed by atoms with Gasteiger partial charge in [0.15, 0.2) is 10.9 Å². The van der Waals surface area contributed by atoms with Gasteiger partial charge in [-0.1, -0.05) is 24.3 Å². The molecular formula is C22H17N3O4S2. The van der Waals surface area contributed by atoms with Crippen molar-refractivity contribution in [3.8, 4) is 5.75 Å². The van der Waals surface area contributed by atoms with Crippen LogP contribution in [0.2, 0.25) is 0 Å². The van der Waals surface area contributed by atoms with Crippen LogP contribution in [0, 0.1) is 0 Å². The Morgan fingerprint density at radius 2 is 1.84 bits per heavy atom. The van der Waals surface area contributed by atoms with E-state index in [0.29, 0.717) is 27.6 Å². The monoisotopic (exact) mass is 451 g/mol. The third-order valence-corrected chi connectivity index (χ3v) is 5.40. The number of amides is 2. The molecule has 2 heterocycles. The summed E-state index contributed by atoms with van der Waals surface area (Å²) < 4.78 is 10.9. The van der Waals surface area contributed by atoms with Crippen LogP contribution in [0.5, 0.6) is 5.75 Å². The number of carbonyl (C=O) groups excluding carboxylic acids is 2. The Morgan fingerprint density at radius 1 is 1.00 bits per heavy atom. The summed E-state index contributed by atoms with van der Waals surface area (Å²) in [6.45, 7) is 0. The van der Waals surface area contributed by atoms with E-state index in [2.05, 4.69) is 16.0 Å². The van der Waals surface area contributed by atoms with Crippen molar-refractivity contribution in [2.24, 2.45) is 0 Å². The predicted molar refractivity (Wildman–Crippen MR) is 125 cm³/mol. The minimum absolute atomic E-state index is 0.0999. The van der Waals surface area contributed by atoms with Crippen LogP contribution in [0.25, 0.3) is 11.0 Å². The Labute approximate surface area is 187 Å². The summed E-state index contributed by atoms with van der Waals surface area (Å²) in [5.41, 5.74) is 1.72. The summed E-state index contributed by atoms with van der Waals surface area (Å²) in [7, 11) is 1.50. The van der Waals surface area contributed by atoms with Crippen molar-refractivity contribution in [2.75, 3.05) is 17.7 Å². The van der Waals surface area contributed by atoms with E-state index in [0.717, 1.165) is 5.39 Å². The molecule has 9 heteroatoms. The minimum Gasteiger partial charge on any atom is -0.494 e. The molecule has 0 saturated carbocycles. The topological polar surface area (TPSA) is 92.6 Å². The maximum absolute atomic E-state index is 12.4. The molecule has 4 aromatic rings. The number of rotatable bonds is 5. The van der Waals surface area contributed by atoms with Gasteiger partial charge in [0.05, 0.1) is 17.7 Å². The molecule has 0 radical (unpaired) electrons. The number of thiocarbonyl (C=S) groups is 1. The smallest absolute Gasteiger partial charge is 0.293 e. The van der Waals surface area contributed by atoms with E-state index in [-0.39, 0.29) is 16.8 Å². The van der Waals surface area contributed by atoms with Crippen LogP contribution in [0.3, 0.4) is 0 Å². The van der Waals surface area contributed by atoms with Crippen molar-refractivity contribution < 1.29 is 18.7 Å². The van der Waals surface area contributed by atoms with E-state index in [1.54, 1.807) is 36.4 Å². The molecule has 0 saturated heterocycles. The number of para-hydroxylation sites is 1. The first-order valence-electron chi connectivity index (χ1n) is 9.17. The zero-order valence-electron chi connectivity index (χ0n) is 16.3. The quantitative estimate of drug-likeness (QED) is 0.375. The van der Waals surface area contributed by atoms with Gasteiger partial charge in [0.2, 0.25) is 0 Å². The fourth-order valence-corrected chi connectivity index (χ4v) is 3.71. The molecule has 0 aliphatic heterocycles. The van der Waals surface area contributed by atoms with Gasteiger partial charge in [0.1, 0.15) is 11.3 Å². The number of carbonyl (C=O) groups is 2. The van der Waals surface area contributed by atoms with E-state index in [9.17, 15) is 9.59 Å². The van der Waals surface area contributed by atoms with E-state index < -0.39 is 5.91 Å². The number of benzene rings is 2. The molecule has 3 N–H and O–H groups in total. The standard InChI is InChI=1S/C22H17N3O4S2/c1-28-17-12-14(8-9-15(17)24-21(27)19-7-4-10-31-19)23-22(30)25-20(26)18-11-13-5-2-3-6-16(13)29-18/h2-12H,1H3,(H,24,27)(H2,23,25,26,30). The lowest BCUT2D eigenvalue weighted by Gasteiger charge is -2.13. The Morgan fingerprint density at radius 3 is 2.58 bits per heavy atom. The van der Waals surface area contributed by atoms with E-state index in [4.69, 9.17) is 21.4 Å². The summed E-state index contributed by atoms with van der Waals surface area (Å²) in [6, 6.07) is 17.6. The first kappa shape index (κ1) is 20.6. The van der Waals surface area contributed by atoms with Gasteiger partial charge in [-0.3, -0.25) is 14.9 Å². The second kappa shape index (κ2) is 8.99. The van der Waals surface area contributed by atoms with Gasteiger partial charge < -0.3 is 19.8 Å². The second-order valence-corrected chi connectivity index (χ2v) is 7.76. The highest BCUT2D eigenvalue weighted by atomic mass is 32.1. The van der Waals surface area contributed by atoms with Crippen LogP contribution in [0.1, 0.15) is 20.2 Å². The molecule has 0 atom stereocenters. The fraction of sp³-hybridized carbons (Fsp3) is 0.0455. The van der Waals surface area contributed by atoms with E-state index in [1.165, 1.54) is 18.4 Å². The lowest BCUT2D eigenvalue weighted by atomic mass is 10.2. The maximum atomic E-state index is 12.4. The Hall–Kier alpha value is -3.69. The van der Waals surface area contributed by atoms with Crippen LogP contribution < -0.4 is 20.7 Å². The third kappa shape index (κ3) is 4.73. The summed E-state index contributed by atoms with van der Waals surface area (Å²) in [5.74, 6) is -0.0704. The molecule has 0 bridgehead atoms. The van der Waals surface area contributed by atoms with E-state index >= 15 is 0 Å². The van der Waals surface area contributed by atoms with Crippen LogP contribution in [0.4, 0.5) is 11.4 Å². The largest absolute Gasteiger partial charge is 0.494 e. The molecule has 4 rings (SSSR count). The number of nitrogens with one attached hydrogen (secondary N) is 3. The van der Waals surface area contributed by atoms with Gasteiger partial charge in [-0.15, -0.1) is 11.3 Å². The van der Waals surface area contributed by atoms with Crippen molar-refractivity contribution in [3.05, 3.63) is 76.7 Å². The van der Waals surface area contributed by atoms with Crippen LogP contribution in [-0.2, 0) is 0 Å². The Bertz CT molecular complexity index is 1230. The Balaban J connectivity index is 1.41. The fourth-order valence-electron chi connectivity index (χ4n) is 2.88. The number of methoxy groups -OCH3 is 1. The molecular weight excluding hydrogens is 434 g/mol. The van der Waals surface area contributed by atoms with Crippen LogP contribution in [-0.4, -0.2) is 24.0 Å². The lowest BCUT2D eigenvalue weighted by molar-refractivity contribution is 0.0952. The first-order valence-corrected chi connectivity index (χ1v) is 10.5. The molecule has 0 unspecified atom stereocenters. The van der Waals surface area contributed by atoms with Crippen molar-refractivity contribution in [1.82, 2.24) is 5.32 Å². The average Bonchev–Trinajstić information content (AvgIpc) is 3.44. The number of hydrogen-bond donors (Lipinski definition) is 3. The lowest BCUT2D eigenvalue weighted by Crippen LogP contribution is -2.33. The number of fused-ring (bicyclic) bond motifs is 1. The normalized spacial score (nSPS) is 10.5. The van der Waals surface area contributed by atoms with Crippen molar-refractivity contribution in [1.29, 1.82) is 0 Å². The van der Waals surface area contributed by atoms with Gasteiger partial charge in [-0.05, 0) is 47.9 Å². The molecule has 7 nitrogen and oxygen atoms in total. The van der Waals surface area contributed by atoms with Crippen LogP contribution in [0.15, 0.2) is 70.5 Å². The molecule has 0 aliphatic rings. The van der Waals surface area contributed by atoms with Crippen molar-refractivity contribution in [3.63, 3.8) is 0 Å². The first-order chi connectivity index (χ1) is 15.0. The molecule has 156 valence electrons. The highest BCUT2D eigenvalue weighted by Gasteiger charge is 2.15. The summed E-state index contributed by atoms with van der Waals surface area (Å²) in [5, 5.41) is 11.1. The van der Waals surface area contributed by atoms with Crippen molar-refractivity contribution >= 4 is 62.8 Å². The highest BCUT2D eigenvalue weighted by Crippen LogP contribution is 2.29. The summed E-state index contributed by atoms with van der Waals surface area (Å²) in [4.78, 5) is 25.3. The highest BCUT2D eigenvalue weighted by molar-refractivity contribution is 7.80. The number of hydrogen-bond acceptors (Lipinski definition) is 6. The number of anilines is 2. The minimum atomic E-state index is -0.458. The summed E-state index contributed by atoms with van der Waals surface area (Å²) >= 11 is 6.59. The van der Waals surface area contributed by atoms with Gasteiger partial charge >= 0.3 is 0 Å². The second-order valence-electron chi connectivity index (χ2n) is 6.40. The maximum Gasteiger partial charge on any atom is 0.293 e. The van der Waals surface area contributed by atoms with Crippen molar-refractivity contribution in [2.45, 2.75) is 0 Å². The predicted octanol–water partition coefficient (Wildman–Crippen LogP) is 4.88. The third-order valence-electron chi connectivity index (χ3n) is 4.33. The van der Waals surface area contributed by atoms with E-state index in [1.807, 2.05) is 29.6 Å². The number of thiophene rings is 1. The Kier molecular flexibility index (Phi) is 5.96. The number of ether oxygens (including phenoxy) is 1. The SMILES string of the molecule is COc1cc(NC(=S)NC(=O)c2cc3ccccc3o2)ccc1NC(=O)c1cccs1. The zero-order chi connectivity index (χ0) is 21.8. The van der Waals surface area contributed by atoms with Crippen LogP contribution >= 0.6 is 23.6 Å². The average molecular weight is 452 g/mol. The molecule has 31 heavy (non-hydrogen) atoms. The van der Waals surface area contributed by atoms with Gasteiger partial charge in [0.25, 0.3) is 11.8 Å². The number of furan rings is 1. The van der Waals surface area contributed by atoms with Gasteiger partial charge in [-0.25, -0.2) is 0 Å². The molecule has 2 aromatic heterocycles. The molecule has 0 spiro atoms. The van der Waals surface area contributed by atoms with Gasteiger partial charge in [0, 0.05) is 17.1 Å². The molecule has 2 aromatic carbocycles. The molecule has 0 aliphatic carbocycles. The van der Waals surface area contributed by atoms with Gasteiger partial charge in [-0.2, -0.15) is 0 Å². The molecule has 2 amide bonds. The summed E-state index contributed by atoms with van der Waals surface area (Å²) in [6.07, 6.45) is 0.